The molecule has 0 bridgehead atoms. The van der Waals surface area contributed by atoms with Gasteiger partial charge in [-0.05, 0) is 5.41 Å². The second-order valence-corrected chi connectivity index (χ2v) is 8.20. The number of sulfonamides is 1. The zero-order valence-corrected chi connectivity index (χ0v) is 13.0. The second-order valence-electron chi connectivity index (χ2n) is 6.22. The van der Waals surface area contributed by atoms with Gasteiger partial charge in [-0.15, -0.1) is 0 Å². The minimum atomic E-state index is -3.15. The summed E-state index contributed by atoms with van der Waals surface area (Å²) in [5, 5.41) is 0. The predicted molar refractivity (Wildman–Crippen MR) is 75.0 cm³/mol. The first-order valence-corrected chi connectivity index (χ1v) is 8.35. The fourth-order valence-electron chi connectivity index (χ4n) is 1.89. The van der Waals surface area contributed by atoms with Gasteiger partial charge in [-0.25, -0.2) is 8.42 Å². The molecule has 1 unspecified atom stereocenters. The Morgan fingerprint density at radius 1 is 1.21 bits per heavy atom. The number of rotatable bonds is 3. The van der Waals surface area contributed by atoms with Gasteiger partial charge in [-0.3, -0.25) is 4.79 Å². The van der Waals surface area contributed by atoms with E-state index in [1.54, 1.807) is 4.90 Å². The van der Waals surface area contributed by atoms with Gasteiger partial charge >= 0.3 is 0 Å². The van der Waals surface area contributed by atoms with Crippen LogP contribution in [-0.4, -0.2) is 62.0 Å². The Morgan fingerprint density at radius 2 is 1.68 bits per heavy atom. The van der Waals surface area contributed by atoms with E-state index in [0.717, 1.165) is 0 Å². The summed E-state index contributed by atoms with van der Waals surface area (Å²) in [4.78, 5) is 13.8. The number of nitrogens with two attached hydrogens (primary N) is 1. The number of nitrogens with zero attached hydrogens (tertiary/aromatic N) is 2. The molecule has 1 saturated heterocycles. The maximum absolute atomic E-state index is 12.1. The van der Waals surface area contributed by atoms with E-state index >= 15 is 0 Å². The van der Waals surface area contributed by atoms with Gasteiger partial charge in [0.1, 0.15) is 0 Å². The maximum Gasteiger partial charge on any atom is 0.224 e. The monoisotopic (exact) mass is 291 g/mol. The van der Waals surface area contributed by atoms with Crippen LogP contribution in [0.15, 0.2) is 0 Å². The molecule has 19 heavy (non-hydrogen) atoms. The highest BCUT2D eigenvalue weighted by atomic mass is 32.2. The normalized spacial score (nSPS) is 20.4. The number of hydrogen-bond donors (Lipinski definition) is 1. The van der Waals surface area contributed by atoms with E-state index < -0.39 is 10.0 Å². The van der Waals surface area contributed by atoms with Crippen LogP contribution in [0.3, 0.4) is 0 Å². The molecule has 2 N–H and O–H groups in total. The maximum atomic E-state index is 12.1. The largest absolute Gasteiger partial charge is 0.340 e. The summed E-state index contributed by atoms with van der Waals surface area (Å²) in [7, 11) is -3.15. The first kappa shape index (κ1) is 16.4. The van der Waals surface area contributed by atoms with Crippen molar-refractivity contribution in [1.82, 2.24) is 9.21 Å². The Labute approximate surface area is 116 Å². The first-order valence-electron chi connectivity index (χ1n) is 6.50. The molecule has 1 heterocycles. The van der Waals surface area contributed by atoms with Gasteiger partial charge < -0.3 is 10.6 Å². The molecule has 0 aromatic carbocycles. The minimum absolute atomic E-state index is 0.00979. The molecular formula is C12H25N3O3S. The van der Waals surface area contributed by atoms with E-state index in [4.69, 9.17) is 5.73 Å². The highest BCUT2D eigenvalue weighted by Gasteiger charge is 2.29. The first-order chi connectivity index (χ1) is 8.51. The van der Waals surface area contributed by atoms with Crippen molar-refractivity contribution < 1.29 is 13.2 Å². The van der Waals surface area contributed by atoms with Crippen molar-refractivity contribution in [2.24, 2.45) is 11.1 Å². The smallest absolute Gasteiger partial charge is 0.224 e. The molecule has 6 nitrogen and oxygen atoms in total. The fourth-order valence-corrected chi connectivity index (χ4v) is 2.72. The number of carbonyl (C=O) groups excluding carboxylic acids is 1. The molecule has 1 rings (SSSR count). The molecule has 0 spiro atoms. The number of piperazine rings is 1. The molecule has 112 valence electrons. The Morgan fingerprint density at radius 3 is 2.05 bits per heavy atom. The van der Waals surface area contributed by atoms with Crippen LogP contribution in [0, 0.1) is 5.41 Å². The zero-order chi connectivity index (χ0) is 14.8. The van der Waals surface area contributed by atoms with E-state index in [0.29, 0.717) is 32.6 Å². The van der Waals surface area contributed by atoms with Gasteiger partial charge in [0.15, 0.2) is 0 Å². The lowest BCUT2D eigenvalue weighted by atomic mass is 9.85. The Balaban J connectivity index is 2.50. The third-order valence-corrected chi connectivity index (χ3v) is 4.87. The summed E-state index contributed by atoms with van der Waals surface area (Å²) >= 11 is 0. The number of hydrogen-bond acceptors (Lipinski definition) is 4. The van der Waals surface area contributed by atoms with Gasteiger partial charge in [0, 0.05) is 38.6 Å². The molecule has 0 saturated carbocycles. The lowest BCUT2D eigenvalue weighted by Crippen LogP contribution is -2.51. The molecule has 1 fully saturated rings. The Bertz CT molecular complexity index is 420. The van der Waals surface area contributed by atoms with Crippen LogP contribution < -0.4 is 5.73 Å². The van der Waals surface area contributed by atoms with Crippen LogP contribution in [0.25, 0.3) is 0 Å². The summed E-state index contributed by atoms with van der Waals surface area (Å²) in [5.74, 6) is 0.00979. The van der Waals surface area contributed by atoms with Crippen molar-refractivity contribution in [2.75, 3.05) is 32.4 Å². The average Bonchev–Trinajstić information content (AvgIpc) is 2.26. The van der Waals surface area contributed by atoms with Gasteiger partial charge in [0.05, 0.1) is 6.26 Å². The van der Waals surface area contributed by atoms with Crippen molar-refractivity contribution in [3.63, 3.8) is 0 Å². The Kier molecular flexibility index (Phi) is 4.97. The van der Waals surface area contributed by atoms with Gasteiger partial charge in [-0.2, -0.15) is 4.31 Å². The van der Waals surface area contributed by atoms with Crippen molar-refractivity contribution in [3.8, 4) is 0 Å². The van der Waals surface area contributed by atoms with Crippen LogP contribution in [-0.2, 0) is 14.8 Å². The van der Waals surface area contributed by atoms with Crippen LogP contribution in [0.4, 0.5) is 0 Å². The predicted octanol–water partition coefficient (Wildman–Crippen LogP) is -0.146. The molecule has 0 aromatic rings. The molecule has 0 radical (unpaired) electrons. The Hall–Kier alpha value is -0.660. The van der Waals surface area contributed by atoms with Crippen LogP contribution in [0.1, 0.15) is 27.2 Å². The topological polar surface area (TPSA) is 83.7 Å². The van der Waals surface area contributed by atoms with E-state index in [9.17, 15) is 13.2 Å². The molecule has 1 amide bonds. The average molecular weight is 291 g/mol. The van der Waals surface area contributed by atoms with Crippen molar-refractivity contribution in [3.05, 3.63) is 0 Å². The van der Waals surface area contributed by atoms with E-state index in [1.165, 1.54) is 10.6 Å². The highest BCUT2D eigenvalue weighted by Crippen LogP contribution is 2.20. The molecule has 1 aliphatic heterocycles. The fraction of sp³-hybridized carbons (Fsp3) is 0.917. The highest BCUT2D eigenvalue weighted by molar-refractivity contribution is 7.88. The van der Waals surface area contributed by atoms with Gasteiger partial charge in [0.25, 0.3) is 0 Å². The number of carbonyl (C=O) groups is 1. The second kappa shape index (κ2) is 5.76. The van der Waals surface area contributed by atoms with Gasteiger partial charge in [0.2, 0.25) is 15.9 Å². The molecule has 1 atom stereocenters. The van der Waals surface area contributed by atoms with E-state index in [1.807, 2.05) is 20.8 Å². The van der Waals surface area contributed by atoms with Crippen molar-refractivity contribution >= 4 is 15.9 Å². The van der Waals surface area contributed by atoms with Crippen LogP contribution in [0.5, 0.6) is 0 Å². The quantitative estimate of drug-likeness (QED) is 0.784. The SMILES string of the molecule is CC(C)(C)C(N)CC(=O)N1CCN(S(C)(=O)=O)CC1. The molecule has 0 aliphatic carbocycles. The van der Waals surface area contributed by atoms with Crippen molar-refractivity contribution in [2.45, 2.75) is 33.2 Å². The summed E-state index contributed by atoms with van der Waals surface area (Å²) in [6.45, 7) is 7.65. The molecule has 1 aliphatic rings. The minimum Gasteiger partial charge on any atom is -0.340 e. The summed E-state index contributed by atoms with van der Waals surface area (Å²) < 4.78 is 24.2. The van der Waals surface area contributed by atoms with Gasteiger partial charge in [-0.1, -0.05) is 20.8 Å². The molecule has 7 heteroatoms. The van der Waals surface area contributed by atoms with E-state index in [-0.39, 0.29) is 17.4 Å². The standard InChI is InChI=1S/C12H25N3O3S/c1-12(2,3)10(13)9-11(16)14-5-7-15(8-6-14)19(4,17)18/h10H,5-9,13H2,1-4H3. The lowest BCUT2D eigenvalue weighted by molar-refractivity contribution is -0.133. The molecular weight excluding hydrogens is 266 g/mol. The third-order valence-electron chi connectivity index (χ3n) is 3.57. The summed E-state index contributed by atoms with van der Waals surface area (Å²) in [6.07, 6.45) is 1.50. The van der Waals surface area contributed by atoms with E-state index in [2.05, 4.69) is 0 Å². The lowest BCUT2D eigenvalue weighted by Gasteiger charge is -2.35. The third kappa shape index (κ3) is 4.74. The van der Waals surface area contributed by atoms with Crippen LogP contribution in [0.2, 0.25) is 0 Å². The number of amides is 1. The molecule has 0 aromatic heterocycles. The summed E-state index contributed by atoms with van der Waals surface area (Å²) in [6, 6.07) is -0.187. The zero-order valence-electron chi connectivity index (χ0n) is 12.2. The van der Waals surface area contributed by atoms with Crippen molar-refractivity contribution in [1.29, 1.82) is 0 Å². The van der Waals surface area contributed by atoms with Crippen LogP contribution >= 0.6 is 0 Å². The summed E-state index contributed by atoms with van der Waals surface area (Å²) in [5.41, 5.74) is 5.89.